The summed E-state index contributed by atoms with van der Waals surface area (Å²) in [6.07, 6.45) is 3.08. The number of rotatable bonds is 7. The van der Waals surface area contributed by atoms with Crippen LogP contribution in [0, 0.1) is 0 Å². The van der Waals surface area contributed by atoms with Gasteiger partial charge >= 0.3 is 0 Å². The first kappa shape index (κ1) is 14.0. The maximum absolute atomic E-state index is 10.1. The predicted molar refractivity (Wildman–Crippen MR) is 73.2 cm³/mol. The summed E-state index contributed by atoms with van der Waals surface area (Å²) in [6, 6.07) is 7.29. The van der Waals surface area contributed by atoms with E-state index in [1.54, 1.807) is 12.1 Å². The molecule has 1 unspecified atom stereocenters. The van der Waals surface area contributed by atoms with Crippen LogP contribution in [0.3, 0.4) is 0 Å². The van der Waals surface area contributed by atoms with E-state index in [0.29, 0.717) is 11.6 Å². The van der Waals surface area contributed by atoms with Crippen LogP contribution < -0.4 is 0 Å². The van der Waals surface area contributed by atoms with Crippen LogP contribution in [-0.4, -0.2) is 29.6 Å². The first-order valence-corrected chi connectivity index (χ1v) is 5.93. The Morgan fingerprint density at radius 1 is 1.29 bits per heavy atom. The Bertz CT molecular complexity index is 368. The van der Waals surface area contributed by atoms with Crippen molar-refractivity contribution in [2.75, 3.05) is 19.6 Å². The van der Waals surface area contributed by atoms with Crippen LogP contribution in [0.1, 0.15) is 11.7 Å². The maximum atomic E-state index is 10.1. The molecule has 0 aliphatic heterocycles. The second-order valence-electron chi connectivity index (χ2n) is 3.87. The summed E-state index contributed by atoms with van der Waals surface area (Å²) in [5.74, 6) is 0. The monoisotopic (exact) mass is 251 g/mol. The highest BCUT2D eigenvalue weighted by Gasteiger charge is 2.11. The minimum atomic E-state index is -0.548. The number of halogens is 1. The van der Waals surface area contributed by atoms with Gasteiger partial charge in [0.15, 0.2) is 0 Å². The number of aliphatic hydroxyl groups is 1. The zero-order chi connectivity index (χ0) is 12.7. The fraction of sp³-hybridized carbons (Fsp3) is 0.286. The highest BCUT2D eigenvalue weighted by Crippen LogP contribution is 2.18. The quantitative estimate of drug-likeness (QED) is 0.753. The number of hydrogen-bond donors (Lipinski definition) is 1. The molecule has 17 heavy (non-hydrogen) atoms. The predicted octanol–water partition coefficient (Wildman–Crippen LogP) is 3.05. The van der Waals surface area contributed by atoms with Crippen molar-refractivity contribution < 1.29 is 5.11 Å². The Balaban J connectivity index is 2.65. The molecule has 0 saturated carbocycles. The molecule has 0 spiro atoms. The second kappa shape index (κ2) is 7.28. The van der Waals surface area contributed by atoms with Crippen molar-refractivity contribution in [1.82, 2.24) is 4.90 Å². The first-order valence-electron chi connectivity index (χ1n) is 5.55. The number of aliphatic hydroxyl groups excluding tert-OH is 1. The topological polar surface area (TPSA) is 23.5 Å². The smallest absolute Gasteiger partial charge is 0.0917 e. The first-order chi connectivity index (χ1) is 8.17. The van der Waals surface area contributed by atoms with Crippen LogP contribution in [0.15, 0.2) is 49.6 Å². The molecule has 0 bridgehead atoms. The van der Waals surface area contributed by atoms with Gasteiger partial charge in [-0.15, -0.1) is 13.2 Å². The van der Waals surface area contributed by atoms with Gasteiger partial charge < -0.3 is 5.11 Å². The van der Waals surface area contributed by atoms with Crippen LogP contribution in [0.5, 0.6) is 0 Å². The number of benzene rings is 1. The van der Waals surface area contributed by atoms with Gasteiger partial charge in [0.1, 0.15) is 0 Å². The highest BCUT2D eigenvalue weighted by molar-refractivity contribution is 6.30. The average Bonchev–Trinajstić information content (AvgIpc) is 2.29. The SMILES string of the molecule is C=CCN(CC=C)CC(O)c1cccc(Cl)c1. The minimum absolute atomic E-state index is 0.540. The van der Waals surface area contributed by atoms with Crippen molar-refractivity contribution in [1.29, 1.82) is 0 Å². The van der Waals surface area contributed by atoms with E-state index in [1.807, 2.05) is 24.3 Å². The third-order valence-electron chi connectivity index (χ3n) is 2.44. The molecule has 1 N–H and O–H groups in total. The Labute approximate surface area is 108 Å². The van der Waals surface area contributed by atoms with Crippen LogP contribution >= 0.6 is 11.6 Å². The summed E-state index contributed by atoms with van der Waals surface area (Å²) in [7, 11) is 0. The Kier molecular flexibility index (Phi) is 5.98. The molecule has 3 heteroatoms. The lowest BCUT2D eigenvalue weighted by Crippen LogP contribution is -2.29. The largest absolute Gasteiger partial charge is 0.387 e. The Hall–Kier alpha value is -1.09. The Morgan fingerprint density at radius 2 is 1.94 bits per heavy atom. The van der Waals surface area contributed by atoms with Crippen molar-refractivity contribution in [2.45, 2.75) is 6.10 Å². The molecule has 1 aromatic carbocycles. The Morgan fingerprint density at radius 3 is 2.47 bits per heavy atom. The molecule has 0 aromatic heterocycles. The molecule has 0 aliphatic rings. The number of hydrogen-bond acceptors (Lipinski definition) is 2. The van der Waals surface area contributed by atoms with Gasteiger partial charge in [-0.2, -0.15) is 0 Å². The van der Waals surface area contributed by atoms with Crippen molar-refractivity contribution in [3.63, 3.8) is 0 Å². The van der Waals surface area contributed by atoms with Crippen LogP contribution in [0.4, 0.5) is 0 Å². The average molecular weight is 252 g/mol. The summed E-state index contributed by atoms with van der Waals surface area (Å²) in [5.41, 5.74) is 0.829. The highest BCUT2D eigenvalue weighted by atomic mass is 35.5. The van der Waals surface area contributed by atoms with E-state index in [2.05, 4.69) is 18.1 Å². The third kappa shape index (κ3) is 4.73. The zero-order valence-corrected chi connectivity index (χ0v) is 10.6. The molecular formula is C14H18ClNO. The zero-order valence-electron chi connectivity index (χ0n) is 9.85. The third-order valence-corrected chi connectivity index (χ3v) is 2.67. The molecule has 92 valence electrons. The molecule has 1 rings (SSSR count). The summed E-state index contributed by atoms with van der Waals surface area (Å²) in [5, 5.41) is 10.7. The van der Waals surface area contributed by atoms with Gasteiger partial charge in [-0.3, -0.25) is 4.90 Å². The summed E-state index contributed by atoms with van der Waals surface area (Å²) in [4.78, 5) is 2.06. The normalized spacial score (nSPS) is 12.4. The van der Waals surface area contributed by atoms with E-state index in [4.69, 9.17) is 11.6 Å². The number of nitrogens with zero attached hydrogens (tertiary/aromatic N) is 1. The molecule has 0 saturated heterocycles. The standard InChI is InChI=1S/C14H18ClNO/c1-3-8-16(9-4-2)11-14(17)12-6-5-7-13(15)10-12/h3-7,10,14,17H,1-2,8-9,11H2. The molecule has 2 nitrogen and oxygen atoms in total. The van der Waals surface area contributed by atoms with E-state index in [-0.39, 0.29) is 0 Å². The van der Waals surface area contributed by atoms with E-state index in [1.165, 1.54) is 0 Å². The fourth-order valence-electron chi connectivity index (χ4n) is 1.65. The van der Waals surface area contributed by atoms with Crippen LogP contribution in [-0.2, 0) is 0 Å². The van der Waals surface area contributed by atoms with Crippen molar-refractivity contribution in [3.8, 4) is 0 Å². The van der Waals surface area contributed by atoms with E-state index >= 15 is 0 Å². The molecule has 0 heterocycles. The summed E-state index contributed by atoms with van der Waals surface area (Å²) in [6.45, 7) is 9.39. The fourth-order valence-corrected chi connectivity index (χ4v) is 1.85. The summed E-state index contributed by atoms with van der Waals surface area (Å²) < 4.78 is 0. The molecule has 0 radical (unpaired) electrons. The molecular weight excluding hydrogens is 234 g/mol. The second-order valence-corrected chi connectivity index (χ2v) is 4.30. The van der Waals surface area contributed by atoms with E-state index in [9.17, 15) is 5.11 Å². The summed E-state index contributed by atoms with van der Waals surface area (Å²) >= 11 is 5.89. The van der Waals surface area contributed by atoms with Crippen molar-refractivity contribution in [2.24, 2.45) is 0 Å². The van der Waals surface area contributed by atoms with Crippen LogP contribution in [0.2, 0.25) is 5.02 Å². The van der Waals surface area contributed by atoms with Gasteiger partial charge in [-0.05, 0) is 17.7 Å². The van der Waals surface area contributed by atoms with Crippen molar-refractivity contribution >= 4 is 11.6 Å². The van der Waals surface area contributed by atoms with Gasteiger partial charge in [0.25, 0.3) is 0 Å². The molecule has 1 aromatic rings. The maximum Gasteiger partial charge on any atom is 0.0917 e. The van der Waals surface area contributed by atoms with Gasteiger partial charge in [0.05, 0.1) is 6.10 Å². The molecule has 1 atom stereocenters. The van der Waals surface area contributed by atoms with Gasteiger partial charge in [0, 0.05) is 24.7 Å². The van der Waals surface area contributed by atoms with E-state index in [0.717, 1.165) is 18.7 Å². The lowest BCUT2D eigenvalue weighted by Gasteiger charge is -2.22. The molecule has 0 amide bonds. The lowest BCUT2D eigenvalue weighted by molar-refractivity contribution is 0.125. The van der Waals surface area contributed by atoms with Gasteiger partial charge in [0.2, 0.25) is 0 Å². The van der Waals surface area contributed by atoms with Crippen molar-refractivity contribution in [3.05, 3.63) is 60.2 Å². The molecule has 0 aliphatic carbocycles. The lowest BCUT2D eigenvalue weighted by atomic mass is 10.1. The minimum Gasteiger partial charge on any atom is -0.387 e. The van der Waals surface area contributed by atoms with E-state index < -0.39 is 6.10 Å². The van der Waals surface area contributed by atoms with Gasteiger partial charge in [-0.1, -0.05) is 35.9 Å². The molecule has 0 fully saturated rings. The van der Waals surface area contributed by atoms with Gasteiger partial charge in [-0.25, -0.2) is 0 Å². The van der Waals surface area contributed by atoms with Crippen LogP contribution in [0.25, 0.3) is 0 Å².